The summed E-state index contributed by atoms with van der Waals surface area (Å²) in [5.74, 6) is 0.850. The SMILES string of the molecule is NS(=O)(=O)c1cnccc1NC12CCCCCC(CC1)CC2. The lowest BCUT2D eigenvalue weighted by atomic mass is 9.74. The lowest BCUT2D eigenvalue weighted by Crippen LogP contribution is -2.42. The van der Waals surface area contributed by atoms with Crippen molar-refractivity contribution in [2.45, 2.75) is 68.2 Å². The summed E-state index contributed by atoms with van der Waals surface area (Å²) >= 11 is 0. The molecule has 1 aromatic rings. The number of hydrogen-bond donors (Lipinski definition) is 2. The first kappa shape index (κ1) is 15.7. The third-order valence-electron chi connectivity index (χ3n) is 5.32. The molecule has 0 unspecified atom stereocenters. The van der Waals surface area contributed by atoms with Crippen LogP contribution in [-0.4, -0.2) is 18.9 Å². The Balaban J connectivity index is 1.88. The van der Waals surface area contributed by atoms with Crippen molar-refractivity contribution in [3.63, 3.8) is 0 Å². The van der Waals surface area contributed by atoms with Crippen LogP contribution in [0.2, 0.25) is 0 Å². The Morgan fingerprint density at radius 1 is 1.14 bits per heavy atom. The molecule has 4 rings (SSSR count). The molecule has 3 aliphatic rings. The number of anilines is 1. The van der Waals surface area contributed by atoms with Crippen LogP contribution in [0.25, 0.3) is 0 Å². The first-order chi connectivity index (χ1) is 10.5. The van der Waals surface area contributed by atoms with E-state index in [-0.39, 0.29) is 10.4 Å². The van der Waals surface area contributed by atoms with Gasteiger partial charge >= 0.3 is 0 Å². The van der Waals surface area contributed by atoms with Gasteiger partial charge in [0.1, 0.15) is 4.90 Å². The van der Waals surface area contributed by atoms with E-state index >= 15 is 0 Å². The summed E-state index contributed by atoms with van der Waals surface area (Å²) in [5, 5.41) is 8.88. The fraction of sp³-hybridized carbons (Fsp3) is 0.688. The average Bonchev–Trinajstić information content (AvgIpc) is 2.63. The zero-order valence-electron chi connectivity index (χ0n) is 12.9. The Kier molecular flexibility index (Phi) is 4.41. The van der Waals surface area contributed by atoms with Gasteiger partial charge in [0.05, 0.1) is 5.69 Å². The standard InChI is InChI=1S/C16H25N3O2S/c17-22(20,21)15-12-18-11-7-14(15)19-16-8-3-1-2-4-13(5-9-16)6-10-16/h7,11-13H,1-6,8-10H2,(H,18,19)(H2,17,20,21). The molecule has 3 aliphatic carbocycles. The largest absolute Gasteiger partial charge is 0.378 e. The van der Waals surface area contributed by atoms with Crippen LogP contribution in [0.5, 0.6) is 0 Å². The molecule has 5 nitrogen and oxygen atoms in total. The number of nitrogens with two attached hydrogens (primary N) is 1. The summed E-state index contributed by atoms with van der Waals surface area (Å²) < 4.78 is 23.5. The summed E-state index contributed by atoms with van der Waals surface area (Å²) in [6.07, 6.45) is 13.9. The minimum Gasteiger partial charge on any atom is -0.378 e. The summed E-state index contributed by atoms with van der Waals surface area (Å²) in [6.45, 7) is 0. The van der Waals surface area contributed by atoms with Crippen LogP contribution < -0.4 is 10.5 Å². The monoisotopic (exact) mass is 323 g/mol. The van der Waals surface area contributed by atoms with Gasteiger partial charge in [0.2, 0.25) is 10.0 Å². The van der Waals surface area contributed by atoms with Crippen molar-refractivity contribution in [1.29, 1.82) is 0 Å². The number of fused-ring (bicyclic) bond motifs is 6. The first-order valence-electron chi connectivity index (χ1n) is 8.24. The normalized spacial score (nSPS) is 29.4. The molecular weight excluding hydrogens is 298 g/mol. The van der Waals surface area contributed by atoms with Crippen molar-refractivity contribution in [2.75, 3.05) is 5.32 Å². The van der Waals surface area contributed by atoms with Gasteiger partial charge in [-0.15, -0.1) is 0 Å². The van der Waals surface area contributed by atoms with Crippen LogP contribution >= 0.6 is 0 Å². The summed E-state index contributed by atoms with van der Waals surface area (Å²) in [7, 11) is -3.75. The summed E-state index contributed by atoms with van der Waals surface area (Å²) in [4.78, 5) is 4.02. The highest BCUT2D eigenvalue weighted by Gasteiger charge is 2.36. The van der Waals surface area contributed by atoms with E-state index < -0.39 is 10.0 Å². The number of primary sulfonamides is 1. The average molecular weight is 323 g/mol. The van der Waals surface area contributed by atoms with E-state index in [0.29, 0.717) is 5.69 Å². The first-order valence-corrected chi connectivity index (χ1v) is 9.78. The molecule has 6 heteroatoms. The van der Waals surface area contributed by atoms with Gasteiger partial charge in [0, 0.05) is 17.9 Å². The Hall–Kier alpha value is -1.14. The second-order valence-electron chi connectivity index (χ2n) is 6.86. The fourth-order valence-corrected chi connectivity index (χ4v) is 4.66. The molecule has 0 amide bonds. The Morgan fingerprint density at radius 3 is 2.64 bits per heavy atom. The molecule has 3 N–H and O–H groups in total. The lowest BCUT2D eigenvalue weighted by Gasteiger charge is -2.41. The maximum atomic E-state index is 11.8. The van der Waals surface area contributed by atoms with Gasteiger partial charge in [-0.2, -0.15) is 0 Å². The molecule has 0 saturated heterocycles. The highest BCUT2D eigenvalue weighted by Crippen LogP contribution is 2.42. The molecule has 0 spiro atoms. The van der Waals surface area contributed by atoms with Gasteiger partial charge in [0.25, 0.3) is 0 Å². The number of hydrogen-bond acceptors (Lipinski definition) is 4. The Labute approximate surface area is 132 Å². The van der Waals surface area contributed by atoms with Gasteiger partial charge in [-0.1, -0.05) is 25.7 Å². The third-order valence-corrected chi connectivity index (χ3v) is 6.26. The number of nitrogens with one attached hydrogen (secondary N) is 1. The maximum Gasteiger partial charge on any atom is 0.241 e. The van der Waals surface area contributed by atoms with Gasteiger partial charge in [-0.25, -0.2) is 13.6 Å². The van der Waals surface area contributed by atoms with Gasteiger partial charge < -0.3 is 5.32 Å². The molecule has 0 atom stereocenters. The van der Waals surface area contributed by atoms with Gasteiger partial charge in [-0.05, 0) is 44.1 Å². The van der Waals surface area contributed by atoms with E-state index in [1.54, 1.807) is 12.3 Å². The predicted octanol–water partition coefficient (Wildman–Crippen LogP) is 3.03. The van der Waals surface area contributed by atoms with E-state index in [1.807, 2.05) is 0 Å². The van der Waals surface area contributed by atoms with E-state index in [2.05, 4.69) is 10.3 Å². The zero-order valence-corrected chi connectivity index (χ0v) is 13.7. The van der Waals surface area contributed by atoms with Crippen LogP contribution in [-0.2, 0) is 10.0 Å². The van der Waals surface area contributed by atoms with Crippen molar-refractivity contribution in [3.8, 4) is 0 Å². The van der Waals surface area contributed by atoms with Crippen LogP contribution in [0.15, 0.2) is 23.4 Å². The minimum atomic E-state index is -3.75. The predicted molar refractivity (Wildman–Crippen MR) is 87.0 cm³/mol. The fourth-order valence-electron chi connectivity index (χ4n) is 4.03. The number of pyridine rings is 1. The molecule has 122 valence electrons. The van der Waals surface area contributed by atoms with Crippen molar-refractivity contribution in [1.82, 2.24) is 4.98 Å². The quantitative estimate of drug-likeness (QED) is 0.895. The molecular formula is C16H25N3O2S. The van der Waals surface area contributed by atoms with E-state index in [9.17, 15) is 8.42 Å². The van der Waals surface area contributed by atoms with Crippen molar-refractivity contribution < 1.29 is 8.42 Å². The maximum absolute atomic E-state index is 11.8. The van der Waals surface area contributed by atoms with Gasteiger partial charge in [0.15, 0.2) is 0 Å². The number of sulfonamides is 1. The van der Waals surface area contributed by atoms with Crippen LogP contribution in [0.1, 0.15) is 57.8 Å². The van der Waals surface area contributed by atoms with Crippen LogP contribution in [0, 0.1) is 5.92 Å². The van der Waals surface area contributed by atoms with Crippen molar-refractivity contribution >= 4 is 15.7 Å². The molecule has 3 fully saturated rings. The summed E-state index contributed by atoms with van der Waals surface area (Å²) in [5.41, 5.74) is 0.622. The highest BCUT2D eigenvalue weighted by molar-refractivity contribution is 7.89. The second kappa shape index (κ2) is 6.16. The third kappa shape index (κ3) is 3.43. The Bertz CT molecular complexity index is 617. The van der Waals surface area contributed by atoms with Crippen LogP contribution in [0.3, 0.4) is 0 Å². The molecule has 0 aromatic carbocycles. The van der Waals surface area contributed by atoms with E-state index in [1.165, 1.54) is 44.7 Å². The smallest absolute Gasteiger partial charge is 0.241 e. The molecule has 3 saturated carbocycles. The molecule has 0 aliphatic heterocycles. The van der Waals surface area contributed by atoms with Crippen molar-refractivity contribution in [2.24, 2.45) is 11.1 Å². The molecule has 2 bridgehead atoms. The Morgan fingerprint density at radius 2 is 1.91 bits per heavy atom. The second-order valence-corrected chi connectivity index (χ2v) is 8.39. The van der Waals surface area contributed by atoms with Crippen LogP contribution in [0.4, 0.5) is 5.69 Å². The number of aromatic nitrogens is 1. The summed E-state index contributed by atoms with van der Waals surface area (Å²) in [6, 6.07) is 1.73. The van der Waals surface area contributed by atoms with E-state index in [0.717, 1.165) is 25.2 Å². The number of rotatable bonds is 3. The highest BCUT2D eigenvalue weighted by atomic mass is 32.2. The zero-order chi connectivity index (χ0) is 15.6. The van der Waals surface area contributed by atoms with Gasteiger partial charge in [-0.3, -0.25) is 4.98 Å². The number of nitrogens with zero attached hydrogens (tertiary/aromatic N) is 1. The molecule has 1 aromatic heterocycles. The van der Waals surface area contributed by atoms with Crippen molar-refractivity contribution in [3.05, 3.63) is 18.5 Å². The topological polar surface area (TPSA) is 85.1 Å². The molecule has 22 heavy (non-hydrogen) atoms. The minimum absolute atomic E-state index is 0.0155. The molecule has 1 heterocycles. The van der Waals surface area contributed by atoms with E-state index in [4.69, 9.17) is 5.14 Å². The lowest BCUT2D eigenvalue weighted by molar-refractivity contribution is 0.242. The molecule has 0 radical (unpaired) electrons.